The predicted octanol–water partition coefficient (Wildman–Crippen LogP) is 3.64. The standard InChI is InChI=1S/C20H23N5O2S/c1-5-18-21-16(12-28-18)20-23-22-19-13(2)24(8-9-25(19)20)11-14-6-7-15(26-3)10-17(14)27-4/h5-7,10,12-13H,1,8-9,11H2,2-4H3. The van der Waals surface area contributed by atoms with Crippen LogP contribution in [0.3, 0.4) is 0 Å². The van der Waals surface area contributed by atoms with Crippen LogP contribution in [0.2, 0.25) is 0 Å². The molecule has 1 aliphatic heterocycles. The average Bonchev–Trinajstić information content (AvgIpc) is 3.37. The monoisotopic (exact) mass is 397 g/mol. The predicted molar refractivity (Wildman–Crippen MR) is 110 cm³/mol. The second kappa shape index (κ2) is 7.73. The number of rotatable bonds is 6. The molecule has 0 saturated heterocycles. The lowest BCUT2D eigenvalue weighted by atomic mass is 10.1. The number of aromatic nitrogens is 4. The van der Waals surface area contributed by atoms with Gasteiger partial charge in [-0.25, -0.2) is 4.98 Å². The lowest BCUT2D eigenvalue weighted by Gasteiger charge is -2.33. The molecule has 0 amide bonds. The van der Waals surface area contributed by atoms with Crippen molar-refractivity contribution in [1.29, 1.82) is 0 Å². The highest BCUT2D eigenvalue weighted by atomic mass is 32.1. The van der Waals surface area contributed by atoms with Gasteiger partial charge in [-0.3, -0.25) is 4.90 Å². The van der Waals surface area contributed by atoms with Gasteiger partial charge < -0.3 is 14.0 Å². The first-order chi connectivity index (χ1) is 13.6. The van der Waals surface area contributed by atoms with Crippen molar-refractivity contribution in [3.05, 3.63) is 46.6 Å². The summed E-state index contributed by atoms with van der Waals surface area (Å²) in [7, 11) is 3.35. The van der Waals surface area contributed by atoms with Crippen molar-refractivity contribution in [1.82, 2.24) is 24.6 Å². The van der Waals surface area contributed by atoms with Crippen LogP contribution in [-0.2, 0) is 13.1 Å². The van der Waals surface area contributed by atoms with Gasteiger partial charge in [0.05, 0.1) is 20.3 Å². The smallest absolute Gasteiger partial charge is 0.183 e. The number of hydrogen-bond donors (Lipinski definition) is 0. The molecule has 28 heavy (non-hydrogen) atoms. The molecule has 0 radical (unpaired) electrons. The van der Waals surface area contributed by atoms with Gasteiger partial charge in [0, 0.05) is 36.6 Å². The molecule has 0 fully saturated rings. The van der Waals surface area contributed by atoms with Gasteiger partial charge >= 0.3 is 0 Å². The molecule has 3 aromatic rings. The highest BCUT2D eigenvalue weighted by molar-refractivity contribution is 7.10. The largest absolute Gasteiger partial charge is 0.497 e. The van der Waals surface area contributed by atoms with Gasteiger partial charge in [0.2, 0.25) is 0 Å². The van der Waals surface area contributed by atoms with E-state index in [-0.39, 0.29) is 6.04 Å². The third-order valence-electron chi connectivity index (χ3n) is 5.10. The van der Waals surface area contributed by atoms with E-state index in [9.17, 15) is 0 Å². The van der Waals surface area contributed by atoms with Crippen molar-refractivity contribution in [2.24, 2.45) is 0 Å². The molecule has 0 bridgehead atoms. The molecule has 8 heteroatoms. The fraction of sp³-hybridized carbons (Fsp3) is 0.350. The SMILES string of the molecule is C=Cc1nc(-c2nnc3n2CCN(Cc2ccc(OC)cc2OC)C3C)cs1. The summed E-state index contributed by atoms with van der Waals surface area (Å²) >= 11 is 1.56. The maximum atomic E-state index is 5.55. The van der Waals surface area contributed by atoms with E-state index in [1.165, 1.54) is 0 Å². The first-order valence-electron chi connectivity index (χ1n) is 9.11. The summed E-state index contributed by atoms with van der Waals surface area (Å²) in [4.78, 5) is 6.95. The molecule has 1 atom stereocenters. The van der Waals surface area contributed by atoms with Crippen LogP contribution in [0.15, 0.2) is 30.2 Å². The number of methoxy groups -OCH3 is 2. The van der Waals surface area contributed by atoms with E-state index in [2.05, 4.69) is 44.2 Å². The fourth-order valence-corrected chi connectivity index (χ4v) is 4.16. The lowest BCUT2D eigenvalue weighted by molar-refractivity contribution is 0.155. The summed E-state index contributed by atoms with van der Waals surface area (Å²) in [5.74, 6) is 3.41. The molecular weight excluding hydrogens is 374 g/mol. The Morgan fingerprint density at radius 3 is 2.82 bits per heavy atom. The summed E-state index contributed by atoms with van der Waals surface area (Å²) in [6, 6.07) is 6.08. The van der Waals surface area contributed by atoms with E-state index in [1.54, 1.807) is 31.6 Å². The van der Waals surface area contributed by atoms with Gasteiger partial charge in [-0.05, 0) is 19.1 Å². The number of ether oxygens (including phenoxy) is 2. The van der Waals surface area contributed by atoms with Crippen LogP contribution >= 0.6 is 11.3 Å². The van der Waals surface area contributed by atoms with Crippen LogP contribution in [0.1, 0.15) is 29.4 Å². The summed E-state index contributed by atoms with van der Waals surface area (Å²) in [5, 5.41) is 11.8. The van der Waals surface area contributed by atoms with Gasteiger partial charge in [-0.1, -0.05) is 12.6 Å². The van der Waals surface area contributed by atoms with Crippen molar-refractivity contribution in [2.45, 2.75) is 26.1 Å². The summed E-state index contributed by atoms with van der Waals surface area (Å²) in [6.07, 6.45) is 1.76. The number of hydrogen-bond acceptors (Lipinski definition) is 7. The second-order valence-electron chi connectivity index (χ2n) is 6.63. The summed E-state index contributed by atoms with van der Waals surface area (Å²) in [6.45, 7) is 8.43. The van der Waals surface area contributed by atoms with Crippen LogP contribution in [0.5, 0.6) is 11.5 Å². The molecule has 3 heterocycles. The van der Waals surface area contributed by atoms with E-state index in [0.29, 0.717) is 0 Å². The fourth-order valence-electron chi connectivity index (χ4n) is 3.52. The molecule has 0 N–H and O–H groups in total. The minimum atomic E-state index is 0.138. The summed E-state index contributed by atoms with van der Waals surface area (Å²) < 4.78 is 13.0. The number of nitrogens with zero attached hydrogens (tertiary/aromatic N) is 5. The highest BCUT2D eigenvalue weighted by Crippen LogP contribution is 2.32. The Hall–Kier alpha value is -2.71. The zero-order valence-electron chi connectivity index (χ0n) is 16.3. The highest BCUT2D eigenvalue weighted by Gasteiger charge is 2.29. The third-order valence-corrected chi connectivity index (χ3v) is 5.95. The van der Waals surface area contributed by atoms with Gasteiger partial charge in [0.1, 0.15) is 22.2 Å². The second-order valence-corrected chi connectivity index (χ2v) is 7.52. The molecule has 0 spiro atoms. The zero-order chi connectivity index (χ0) is 19.7. The minimum absolute atomic E-state index is 0.138. The molecule has 1 unspecified atom stereocenters. The maximum Gasteiger partial charge on any atom is 0.183 e. The Balaban J connectivity index is 1.58. The molecule has 2 aromatic heterocycles. The Morgan fingerprint density at radius 2 is 2.11 bits per heavy atom. The van der Waals surface area contributed by atoms with Gasteiger partial charge in [0.25, 0.3) is 0 Å². The van der Waals surface area contributed by atoms with Crippen molar-refractivity contribution in [3.63, 3.8) is 0 Å². The molecule has 7 nitrogen and oxygen atoms in total. The average molecular weight is 398 g/mol. The lowest BCUT2D eigenvalue weighted by Crippen LogP contribution is -2.36. The van der Waals surface area contributed by atoms with Crippen LogP contribution in [0.25, 0.3) is 17.6 Å². The quantitative estimate of drug-likeness (QED) is 0.633. The van der Waals surface area contributed by atoms with E-state index < -0.39 is 0 Å². The van der Waals surface area contributed by atoms with Gasteiger partial charge in [-0.2, -0.15) is 0 Å². The van der Waals surface area contributed by atoms with Crippen molar-refractivity contribution in [2.75, 3.05) is 20.8 Å². The first-order valence-corrected chi connectivity index (χ1v) is 9.99. The molecule has 1 aromatic carbocycles. The third kappa shape index (κ3) is 3.29. The summed E-state index contributed by atoms with van der Waals surface area (Å²) in [5.41, 5.74) is 1.98. The van der Waals surface area contributed by atoms with Gasteiger partial charge in [0.15, 0.2) is 11.6 Å². The molecule has 0 saturated carbocycles. The van der Waals surface area contributed by atoms with Crippen molar-refractivity contribution in [3.8, 4) is 23.0 Å². The van der Waals surface area contributed by atoms with Crippen molar-refractivity contribution >= 4 is 17.4 Å². The van der Waals surface area contributed by atoms with E-state index in [4.69, 9.17) is 9.47 Å². The first kappa shape index (κ1) is 18.6. The van der Waals surface area contributed by atoms with E-state index in [0.717, 1.165) is 59.0 Å². The minimum Gasteiger partial charge on any atom is -0.497 e. The van der Waals surface area contributed by atoms with Crippen LogP contribution < -0.4 is 9.47 Å². The number of benzene rings is 1. The molecule has 146 valence electrons. The Kier molecular flexibility index (Phi) is 5.15. The molecule has 4 rings (SSSR count). The number of fused-ring (bicyclic) bond motifs is 1. The molecule has 1 aliphatic rings. The van der Waals surface area contributed by atoms with Crippen LogP contribution in [-0.4, -0.2) is 45.4 Å². The zero-order valence-corrected chi connectivity index (χ0v) is 17.1. The Bertz CT molecular complexity index is 996. The number of thiazole rings is 1. The van der Waals surface area contributed by atoms with Gasteiger partial charge in [-0.15, -0.1) is 21.5 Å². The topological polar surface area (TPSA) is 65.3 Å². The molecular formula is C20H23N5O2S. The van der Waals surface area contributed by atoms with Crippen LogP contribution in [0.4, 0.5) is 0 Å². The Labute approximate surface area is 168 Å². The van der Waals surface area contributed by atoms with E-state index in [1.807, 2.05) is 17.5 Å². The van der Waals surface area contributed by atoms with E-state index >= 15 is 0 Å². The Morgan fingerprint density at radius 1 is 1.25 bits per heavy atom. The van der Waals surface area contributed by atoms with Crippen LogP contribution in [0, 0.1) is 0 Å². The van der Waals surface area contributed by atoms with Crippen molar-refractivity contribution < 1.29 is 9.47 Å². The molecule has 0 aliphatic carbocycles. The maximum absolute atomic E-state index is 5.55. The normalized spacial score (nSPS) is 16.6.